The maximum atomic E-state index is 4.41. The summed E-state index contributed by atoms with van der Waals surface area (Å²) < 4.78 is 2.03. The van der Waals surface area contributed by atoms with Crippen molar-refractivity contribution in [1.29, 1.82) is 0 Å². The Hall–Kier alpha value is -2.20. The van der Waals surface area contributed by atoms with Crippen molar-refractivity contribution in [2.24, 2.45) is 7.05 Å². The van der Waals surface area contributed by atoms with Gasteiger partial charge in [0.15, 0.2) is 0 Å². The number of aryl methyl sites for hydroxylation is 1. The molecule has 3 aromatic rings. The van der Waals surface area contributed by atoms with E-state index in [0.29, 0.717) is 0 Å². The second-order valence-corrected chi connectivity index (χ2v) is 4.61. The monoisotopic (exact) mass is 252 g/mol. The molecule has 0 bridgehead atoms. The van der Waals surface area contributed by atoms with Crippen LogP contribution in [-0.4, -0.2) is 21.6 Å². The Morgan fingerprint density at radius 2 is 2.16 bits per heavy atom. The van der Waals surface area contributed by atoms with E-state index in [1.807, 2.05) is 43.4 Å². The van der Waals surface area contributed by atoms with Crippen molar-refractivity contribution in [3.05, 3.63) is 60.3 Å². The van der Waals surface area contributed by atoms with Gasteiger partial charge in [0.25, 0.3) is 0 Å². The fourth-order valence-electron chi connectivity index (χ4n) is 2.39. The second kappa shape index (κ2) is 4.82. The zero-order valence-electron chi connectivity index (χ0n) is 11.0. The van der Waals surface area contributed by atoms with Crippen LogP contribution in [0.1, 0.15) is 17.3 Å². The summed E-state index contributed by atoms with van der Waals surface area (Å²) in [6.45, 7) is 0. The van der Waals surface area contributed by atoms with Gasteiger partial charge < -0.3 is 9.88 Å². The molecular weight excluding hydrogens is 236 g/mol. The van der Waals surface area contributed by atoms with Crippen molar-refractivity contribution in [2.45, 2.75) is 6.04 Å². The molecule has 96 valence electrons. The Bertz CT molecular complexity index is 702. The fraction of sp³-hybridized carbons (Fsp3) is 0.200. The molecule has 0 fully saturated rings. The molecule has 0 aliphatic carbocycles. The Balaban J connectivity index is 2.09. The largest absolute Gasteiger partial charge is 0.336 e. The van der Waals surface area contributed by atoms with Crippen LogP contribution in [0.4, 0.5) is 0 Å². The lowest BCUT2D eigenvalue weighted by molar-refractivity contribution is 0.639. The predicted molar refractivity (Wildman–Crippen MR) is 75.9 cm³/mol. The molecule has 4 heteroatoms. The molecule has 4 nitrogen and oxygen atoms in total. The van der Waals surface area contributed by atoms with Gasteiger partial charge in [-0.15, -0.1) is 0 Å². The third-order valence-electron chi connectivity index (χ3n) is 3.40. The van der Waals surface area contributed by atoms with Crippen LogP contribution in [0.15, 0.2) is 49.1 Å². The summed E-state index contributed by atoms with van der Waals surface area (Å²) in [7, 11) is 3.96. The zero-order chi connectivity index (χ0) is 13.2. The number of hydrogen-bond donors (Lipinski definition) is 1. The molecule has 3 rings (SSSR count). The summed E-state index contributed by atoms with van der Waals surface area (Å²) in [5.74, 6) is 0. The lowest BCUT2D eigenvalue weighted by atomic mass is 10.0. The molecular formula is C15H16N4. The first-order valence-corrected chi connectivity index (χ1v) is 6.28. The SMILES string of the molecule is CNC(c1ccc2cccnc2c1)c1cncn1C. The lowest BCUT2D eigenvalue weighted by Gasteiger charge is -2.17. The molecule has 0 amide bonds. The first-order valence-electron chi connectivity index (χ1n) is 6.28. The number of rotatable bonds is 3. The van der Waals surface area contributed by atoms with E-state index in [-0.39, 0.29) is 6.04 Å². The van der Waals surface area contributed by atoms with Gasteiger partial charge in [-0.1, -0.05) is 18.2 Å². The average molecular weight is 252 g/mol. The molecule has 0 saturated carbocycles. The number of fused-ring (bicyclic) bond motifs is 1. The van der Waals surface area contributed by atoms with Crippen LogP contribution in [0.25, 0.3) is 10.9 Å². The summed E-state index contributed by atoms with van der Waals surface area (Å²) in [5.41, 5.74) is 3.34. The van der Waals surface area contributed by atoms with Crippen LogP contribution in [-0.2, 0) is 7.05 Å². The van der Waals surface area contributed by atoms with Crippen LogP contribution in [0.5, 0.6) is 0 Å². The van der Waals surface area contributed by atoms with E-state index in [9.17, 15) is 0 Å². The van der Waals surface area contributed by atoms with E-state index in [0.717, 1.165) is 16.6 Å². The third-order valence-corrected chi connectivity index (χ3v) is 3.40. The maximum absolute atomic E-state index is 4.41. The van der Waals surface area contributed by atoms with E-state index in [4.69, 9.17) is 0 Å². The minimum absolute atomic E-state index is 0.124. The van der Waals surface area contributed by atoms with Gasteiger partial charge in [-0.3, -0.25) is 4.98 Å². The van der Waals surface area contributed by atoms with Gasteiger partial charge in [-0.2, -0.15) is 0 Å². The first-order chi connectivity index (χ1) is 9.29. The highest BCUT2D eigenvalue weighted by atomic mass is 15.1. The van der Waals surface area contributed by atoms with Crippen LogP contribution in [0, 0.1) is 0 Å². The molecule has 0 saturated heterocycles. The number of benzene rings is 1. The standard InChI is InChI=1S/C15H16N4/c1-16-15(14-9-17-10-19(14)2)12-6-5-11-4-3-7-18-13(11)8-12/h3-10,15-16H,1-2H3. The summed E-state index contributed by atoms with van der Waals surface area (Å²) >= 11 is 0. The van der Waals surface area contributed by atoms with Gasteiger partial charge in [0.05, 0.1) is 29.8 Å². The highest BCUT2D eigenvalue weighted by Crippen LogP contribution is 2.23. The van der Waals surface area contributed by atoms with Gasteiger partial charge in [0.2, 0.25) is 0 Å². The van der Waals surface area contributed by atoms with Crippen molar-refractivity contribution in [3.63, 3.8) is 0 Å². The van der Waals surface area contributed by atoms with Gasteiger partial charge in [-0.05, 0) is 24.7 Å². The van der Waals surface area contributed by atoms with E-state index in [2.05, 4.69) is 39.6 Å². The molecule has 0 aliphatic rings. The predicted octanol–water partition coefficient (Wildman–Crippen LogP) is 2.28. The Morgan fingerprint density at radius 1 is 1.26 bits per heavy atom. The van der Waals surface area contributed by atoms with Crippen LogP contribution in [0.2, 0.25) is 0 Å². The summed E-state index contributed by atoms with van der Waals surface area (Å²) in [4.78, 5) is 8.60. The van der Waals surface area contributed by atoms with Crippen molar-refractivity contribution in [2.75, 3.05) is 7.05 Å². The van der Waals surface area contributed by atoms with Gasteiger partial charge in [-0.25, -0.2) is 4.98 Å². The molecule has 0 aliphatic heterocycles. The molecule has 2 heterocycles. The minimum atomic E-state index is 0.124. The van der Waals surface area contributed by atoms with Crippen molar-refractivity contribution in [3.8, 4) is 0 Å². The van der Waals surface area contributed by atoms with Gasteiger partial charge in [0.1, 0.15) is 0 Å². The smallest absolute Gasteiger partial charge is 0.0946 e. The quantitative estimate of drug-likeness (QED) is 0.777. The highest BCUT2D eigenvalue weighted by molar-refractivity contribution is 5.79. The normalized spacial score (nSPS) is 12.7. The Morgan fingerprint density at radius 3 is 2.89 bits per heavy atom. The fourth-order valence-corrected chi connectivity index (χ4v) is 2.39. The molecule has 0 radical (unpaired) electrons. The van der Waals surface area contributed by atoms with Crippen LogP contribution >= 0.6 is 0 Å². The minimum Gasteiger partial charge on any atom is -0.336 e. The topological polar surface area (TPSA) is 42.7 Å². The summed E-state index contributed by atoms with van der Waals surface area (Å²) in [5, 5.41) is 4.50. The van der Waals surface area contributed by atoms with Crippen LogP contribution in [0.3, 0.4) is 0 Å². The van der Waals surface area contributed by atoms with E-state index in [1.54, 1.807) is 0 Å². The van der Waals surface area contributed by atoms with E-state index < -0.39 is 0 Å². The summed E-state index contributed by atoms with van der Waals surface area (Å²) in [6.07, 6.45) is 5.54. The number of imidazole rings is 1. The number of nitrogens with one attached hydrogen (secondary N) is 1. The number of pyridine rings is 1. The van der Waals surface area contributed by atoms with Gasteiger partial charge in [0, 0.05) is 18.6 Å². The molecule has 0 spiro atoms. The van der Waals surface area contributed by atoms with Crippen molar-refractivity contribution >= 4 is 10.9 Å². The summed E-state index contributed by atoms with van der Waals surface area (Å²) in [6, 6.07) is 10.5. The molecule has 1 aromatic carbocycles. The molecule has 1 unspecified atom stereocenters. The van der Waals surface area contributed by atoms with E-state index in [1.165, 1.54) is 5.56 Å². The van der Waals surface area contributed by atoms with Crippen molar-refractivity contribution in [1.82, 2.24) is 19.9 Å². The third kappa shape index (κ3) is 2.11. The van der Waals surface area contributed by atoms with Gasteiger partial charge >= 0.3 is 0 Å². The molecule has 19 heavy (non-hydrogen) atoms. The van der Waals surface area contributed by atoms with E-state index >= 15 is 0 Å². The Labute approximate surface area is 112 Å². The number of nitrogens with zero attached hydrogens (tertiary/aromatic N) is 3. The second-order valence-electron chi connectivity index (χ2n) is 4.61. The molecule has 1 N–H and O–H groups in total. The van der Waals surface area contributed by atoms with Crippen molar-refractivity contribution < 1.29 is 0 Å². The average Bonchev–Trinajstić information content (AvgIpc) is 2.86. The Kier molecular flexibility index (Phi) is 3.01. The molecule has 1 atom stereocenters. The number of aromatic nitrogens is 3. The number of hydrogen-bond acceptors (Lipinski definition) is 3. The zero-order valence-corrected chi connectivity index (χ0v) is 11.0. The van der Waals surface area contributed by atoms with Crippen LogP contribution < -0.4 is 5.32 Å². The lowest BCUT2D eigenvalue weighted by Crippen LogP contribution is -2.20. The molecule has 2 aromatic heterocycles. The highest BCUT2D eigenvalue weighted by Gasteiger charge is 2.15. The maximum Gasteiger partial charge on any atom is 0.0946 e. The first kappa shape index (κ1) is 11.9.